The Bertz CT molecular complexity index is 1040. The molecule has 1 aliphatic rings. The van der Waals surface area contributed by atoms with Crippen molar-refractivity contribution in [3.63, 3.8) is 0 Å². The Balaban J connectivity index is 1.72. The molecule has 0 saturated carbocycles. The van der Waals surface area contributed by atoms with Crippen LogP contribution < -0.4 is 10.1 Å². The number of imidazole rings is 1. The topological polar surface area (TPSA) is 152 Å². The second-order valence-corrected chi connectivity index (χ2v) is 6.86. The molecule has 3 aromatic rings. The Morgan fingerprint density at radius 3 is 2.67 bits per heavy atom. The molecule has 0 unspecified atom stereocenters. The molecule has 11 nitrogen and oxygen atoms in total. The molecule has 3 heterocycles. The number of nitrogens with zero attached hydrogens (tertiary/aromatic N) is 4. The summed E-state index contributed by atoms with van der Waals surface area (Å²) in [5, 5.41) is 32.2. The lowest BCUT2D eigenvalue weighted by Gasteiger charge is -2.17. The van der Waals surface area contributed by atoms with E-state index in [1.54, 1.807) is 0 Å². The Morgan fingerprint density at radius 1 is 1.23 bits per heavy atom. The van der Waals surface area contributed by atoms with Crippen LogP contribution in [0.2, 0.25) is 0 Å². The van der Waals surface area contributed by atoms with E-state index in [9.17, 15) is 20.1 Å². The number of aromatic nitrogens is 4. The van der Waals surface area contributed by atoms with E-state index >= 15 is 0 Å². The zero-order valence-electron chi connectivity index (χ0n) is 16.0. The third-order valence-corrected chi connectivity index (χ3v) is 4.69. The van der Waals surface area contributed by atoms with Crippen molar-refractivity contribution in [3.05, 3.63) is 42.2 Å². The Kier molecular flexibility index (Phi) is 5.59. The van der Waals surface area contributed by atoms with Crippen molar-refractivity contribution in [3.8, 4) is 5.88 Å². The van der Waals surface area contributed by atoms with Gasteiger partial charge in [0.25, 0.3) is 0 Å². The molecule has 30 heavy (non-hydrogen) atoms. The van der Waals surface area contributed by atoms with Gasteiger partial charge in [0.1, 0.15) is 24.9 Å². The molecule has 1 amide bonds. The summed E-state index contributed by atoms with van der Waals surface area (Å²) in [6.07, 6.45) is -3.21. The molecule has 0 radical (unpaired) electrons. The maximum absolute atomic E-state index is 11.5. The van der Waals surface area contributed by atoms with Gasteiger partial charge in [0.05, 0.1) is 12.9 Å². The van der Waals surface area contributed by atoms with Gasteiger partial charge in [-0.25, -0.2) is 4.98 Å². The van der Waals surface area contributed by atoms with Gasteiger partial charge in [-0.15, -0.1) is 0 Å². The fraction of sp³-hybridized carbons (Fsp3) is 0.368. The van der Waals surface area contributed by atoms with Gasteiger partial charge < -0.3 is 24.8 Å². The van der Waals surface area contributed by atoms with E-state index in [1.165, 1.54) is 17.8 Å². The number of hydrogen-bond acceptors (Lipinski definition) is 9. The normalized spacial score (nSPS) is 23.6. The molecular formula is C19H21N5O6. The average molecular weight is 416 g/mol. The van der Waals surface area contributed by atoms with Gasteiger partial charge in [0, 0.05) is 6.92 Å². The van der Waals surface area contributed by atoms with Crippen molar-refractivity contribution >= 4 is 23.0 Å². The first-order valence-corrected chi connectivity index (χ1v) is 9.29. The molecule has 4 N–H and O–H groups in total. The standard InChI is InChI=1S/C19H21N5O6/c1-10(26)21-19-22-16-13(17(23-19)29-8-11-5-3-2-4-6-11)20-9-24(16)18-15(28)14(27)12(7-25)30-18/h2-6,9,12,14-15,18,25,27-28H,7-8H2,1H3,(H,21,22,23,26)/t12-,14-,15-,18-/m1/s1/i8+1. The maximum atomic E-state index is 11.5. The molecule has 0 aliphatic carbocycles. The van der Waals surface area contributed by atoms with Crippen molar-refractivity contribution in [2.24, 2.45) is 0 Å². The highest BCUT2D eigenvalue weighted by molar-refractivity contribution is 5.88. The Labute approximate surface area is 170 Å². The van der Waals surface area contributed by atoms with Crippen molar-refractivity contribution in [2.45, 2.75) is 38.1 Å². The van der Waals surface area contributed by atoms with Gasteiger partial charge in [0.2, 0.25) is 17.7 Å². The number of carbonyl (C=O) groups excluding carboxylic acids is 1. The molecule has 1 saturated heterocycles. The molecule has 4 rings (SSSR count). The van der Waals surface area contributed by atoms with Gasteiger partial charge in [0.15, 0.2) is 17.4 Å². The van der Waals surface area contributed by atoms with Crippen molar-refractivity contribution in [1.29, 1.82) is 0 Å². The minimum atomic E-state index is -1.31. The number of aliphatic hydroxyl groups is 3. The number of ether oxygens (including phenoxy) is 2. The van der Waals surface area contributed by atoms with E-state index in [4.69, 9.17) is 9.47 Å². The number of carbonyl (C=O) groups is 1. The molecule has 11 heteroatoms. The van der Waals surface area contributed by atoms with Crippen LogP contribution in [-0.2, 0) is 16.1 Å². The van der Waals surface area contributed by atoms with Crippen LogP contribution in [0, 0.1) is 0 Å². The number of aliphatic hydroxyl groups excluding tert-OH is 3. The number of benzene rings is 1. The van der Waals surface area contributed by atoms with E-state index in [0.717, 1.165) is 5.56 Å². The Morgan fingerprint density at radius 2 is 2.00 bits per heavy atom. The van der Waals surface area contributed by atoms with E-state index in [-0.39, 0.29) is 35.5 Å². The van der Waals surface area contributed by atoms with Gasteiger partial charge in [-0.1, -0.05) is 30.3 Å². The van der Waals surface area contributed by atoms with E-state index < -0.39 is 31.1 Å². The molecule has 1 aliphatic heterocycles. The molecule has 0 bridgehead atoms. The van der Waals surface area contributed by atoms with E-state index in [0.29, 0.717) is 0 Å². The smallest absolute Gasteiger partial charge is 0.247 e. The van der Waals surface area contributed by atoms with Gasteiger partial charge >= 0.3 is 0 Å². The largest absolute Gasteiger partial charge is 0.471 e. The second kappa shape index (κ2) is 8.32. The summed E-state index contributed by atoms with van der Waals surface area (Å²) in [5.74, 6) is -0.244. The Hall–Kier alpha value is -3.12. The van der Waals surface area contributed by atoms with Crippen LogP contribution in [0.4, 0.5) is 5.95 Å². The summed E-state index contributed by atoms with van der Waals surface area (Å²) >= 11 is 0. The average Bonchev–Trinajstić information content (AvgIpc) is 3.27. The molecule has 1 aromatic carbocycles. The van der Waals surface area contributed by atoms with E-state index in [2.05, 4.69) is 20.3 Å². The zero-order valence-corrected chi connectivity index (χ0v) is 16.0. The van der Waals surface area contributed by atoms with Crippen LogP contribution in [0.3, 0.4) is 0 Å². The predicted octanol–water partition coefficient (Wildman–Crippen LogP) is -0.0248. The highest BCUT2D eigenvalue weighted by Crippen LogP contribution is 2.33. The van der Waals surface area contributed by atoms with Crippen LogP contribution in [-0.4, -0.2) is 65.7 Å². The summed E-state index contributed by atoms with van der Waals surface area (Å²) in [6.45, 7) is 1.08. The summed E-state index contributed by atoms with van der Waals surface area (Å²) < 4.78 is 12.8. The van der Waals surface area contributed by atoms with Crippen molar-refractivity contribution in [1.82, 2.24) is 19.5 Å². The predicted molar refractivity (Wildman–Crippen MR) is 103 cm³/mol. The molecule has 4 atom stereocenters. The molecular weight excluding hydrogens is 395 g/mol. The number of nitrogens with one attached hydrogen (secondary N) is 1. The van der Waals surface area contributed by atoms with E-state index in [1.807, 2.05) is 30.3 Å². The minimum absolute atomic E-state index is 0.00782. The quantitative estimate of drug-likeness (QED) is 0.406. The fourth-order valence-corrected chi connectivity index (χ4v) is 3.23. The van der Waals surface area contributed by atoms with Crippen molar-refractivity contribution in [2.75, 3.05) is 11.9 Å². The first-order chi connectivity index (χ1) is 14.5. The summed E-state index contributed by atoms with van der Waals surface area (Å²) in [7, 11) is 0. The lowest BCUT2D eigenvalue weighted by Crippen LogP contribution is -2.33. The summed E-state index contributed by atoms with van der Waals surface area (Å²) in [5.41, 5.74) is 1.43. The highest BCUT2D eigenvalue weighted by Gasteiger charge is 2.44. The minimum Gasteiger partial charge on any atom is -0.471 e. The van der Waals surface area contributed by atoms with Gasteiger partial charge in [-0.05, 0) is 5.56 Å². The van der Waals surface area contributed by atoms with Crippen LogP contribution >= 0.6 is 0 Å². The van der Waals surface area contributed by atoms with Gasteiger partial charge in [-0.2, -0.15) is 9.97 Å². The molecule has 1 fully saturated rings. The summed E-state index contributed by atoms with van der Waals surface area (Å²) in [4.78, 5) is 24.3. The third-order valence-electron chi connectivity index (χ3n) is 4.69. The van der Waals surface area contributed by atoms with Crippen LogP contribution in [0.5, 0.6) is 5.88 Å². The third kappa shape index (κ3) is 3.83. The highest BCUT2D eigenvalue weighted by atomic mass is 16.6. The van der Waals surface area contributed by atoms with Crippen LogP contribution in [0.15, 0.2) is 36.7 Å². The zero-order chi connectivity index (χ0) is 21.3. The van der Waals surface area contributed by atoms with Crippen LogP contribution in [0.25, 0.3) is 11.2 Å². The summed E-state index contributed by atoms with van der Waals surface area (Å²) in [6, 6.07) is 9.44. The number of amides is 1. The maximum Gasteiger partial charge on any atom is 0.247 e. The lowest BCUT2D eigenvalue weighted by atomic mass is 10.1. The van der Waals surface area contributed by atoms with Gasteiger partial charge in [-0.3, -0.25) is 14.7 Å². The number of anilines is 1. The molecule has 2 aromatic heterocycles. The monoisotopic (exact) mass is 416 g/mol. The number of rotatable bonds is 6. The first-order valence-electron chi connectivity index (χ1n) is 9.29. The van der Waals surface area contributed by atoms with Crippen LogP contribution in [0.1, 0.15) is 18.7 Å². The van der Waals surface area contributed by atoms with Crippen molar-refractivity contribution < 1.29 is 29.6 Å². The number of hydrogen-bond donors (Lipinski definition) is 4. The molecule has 0 spiro atoms. The first kappa shape index (κ1) is 20.2. The second-order valence-electron chi connectivity index (χ2n) is 6.86. The SMILES string of the molecule is CC(=O)Nc1nc(O[13CH2]c2ccccc2)c2ncn([C@@H]3O[C@H](CO)[C@@H](O)[C@H]3O)c2n1. The molecule has 158 valence electrons. The fourth-order valence-electron chi connectivity index (χ4n) is 3.23. The lowest BCUT2D eigenvalue weighted by molar-refractivity contribution is -0.114. The number of fused-ring (bicyclic) bond motifs is 1.